The molecule has 1 aromatic rings. The quantitative estimate of drug-likeness (QED) is 0.588. The smallest absolute Gasteiger partial charge is 0.416 e. The van der Waals surface area contributed by atoms with Crippen molar-refractivity contribution in [2.24, 2.45) is 0 Å². The Morgan fingerprint density at radius 3 is 1.72 bits per heavy atom. The van der Waals surface area contributed by atoms with Gasteiger partial charge >= 0.3 is 12.4 Å². The fourth-order valence-electron chi connectivity index (χ4n) is 1.16. The van der Waals surface area contributed by atoms with Crippen molar-refractivity contribution in [2.75, 3.05) is 6.61 Å². The van der Waals surface area contributed by atoms with Gasteiger partial charge in [0.1, 0.15) is 12.4 Å². The molecule has 100 valence electrons. The van der Waals surface area contributed by atoms with Crippen molar-refractivity contribution in [3.63, 3.8) is 0 Å². The summed E-state index contributed by atoms with van der Waals surface area (Å²) in [6, 6.07) is 1.07. The lowest BCUT2D eigenvalue weighted by Gasteiger charge is -2.14. The highest BCUT2D eigenvalue weighted by Crippen LogP contribution is 2.38. The molecule has 0 aromatic heterocycles. The molecular weight excluding hydrogens is 262 g/mol. The molecular formula is C11H8F6O. The third kappa shape index (κ3) is 3.68. The topological polar surface area (TPSA) is 9.23 Å². The van der Waals surface area contributed by atoms with E-state index in [1.54, 1.807) is 0 Å². The highest BCUT2D eigenvalue weighted by Gasteiger charge is 2.37. The van der Waals surface area contributed by atoms with E-state index < -0.39 is 29.2 Å². The first-order valence-electron chi connectivity index (χ1n) is 4.68. The largest absolute Gasteiger partial charge is 0.490 e. The molecule has 0 amide bonds. The Morgan fingerprint density at radius 2 is 1.39 bits per heavy atom. The molecule has 0 heterocycles. The lowest BCUT2D eigenvalue weighted by Crippen LogP contribution is -2.11. The molecule has 0 fully saturated rings. The summed E-state index contributed by atoms with van der Waals surface area (Å²) < 4.78 is 79.2. The predicted molar refractivity (Wildman–Crippen MR) is 52.1 cm³/mol. The second-order valence-corrected chi connectivity index (χ2v) is 3.34. The minimum atomic E-state index is -4.87. The van der Waals surface area contributed by atoms with E-state index in [-0.39, 0.29) is 12.7 Å². The van der Waals surface area contributed by atoms with Gasteiger partial charge in [-0.25, -0.2) is 0 Å². The Balaban J connectivity index is 3.24. The number of hydrogen-bond donors (Lipinski definition) is 0. The van der Waals surface area contributed by atoms with Crippen LogP contribution in [0.5, 0.6) is 5.75 Å². The van der Waals surface area contributed by atoms with E-state index in [2.05, 4.69) is 6.58 Å². The maximum atomic E-state index is 12.4. The van der Waals surface area contributed by atoms with Crippen LogP contribution < -0.4 is 4.74 Å². The van der Waals surface area contributed by atoms with Crippen molar-refractivity contribution in [2.45, 2.75) is 12.4 Å². The molecule has 0 unspecified atom stereocenters. The predicted octanol–water partition coefficient (Wildman–Crippen LogP) is 4.29. The van der Waals surface area contributed by atoms with Gasteiger partial charge in [-0.2, -0.15) is 26.3 Å². The molecule has 0 saturated heterocycles. The molecule has 0 aliphatic rings. The lowest BCUT2D eigenvalue weighted by atomic mass is 10.1. The Hall–Kier alpha value is -1.66. The summed E-state index contributed by atoms with van der Waals surface area (Å²) in [5.41, 5.74) is -2.81. The summed E-state index contributed by atoms with van der Waals surface area (Å²) in [6.45, 7) is 3.07. The molecule has 0 bridgehead atoms. The molecule has 0 aliphatic heterocycles. The second kappa shape index (κ2) is 4.91. The number of rotatable bonds is 3. The van der Waals surface area contributed by atoms with Gasteiger partial charge in [-0.3, -0.25) is 0 Å². The molecule has 0 atom stereocenters. The summed E-state index contributed by atoms with van der Waals surface area (Å²) in [4.78, 5) is 0. The first kappa shape index (κ1) is 14.4. The number of alkyl halides is 6. The van der Waals surface area contributed by atoms with Crippen LogP contribution in [0.4, 0.5) is 26.3 Å². The molecule has 0 radical (unpaired) electrons. The summed E-state index contributed by atoms with van der Waals surface area (Å²) in [5, 5.41) is 0. The Morgan fingerprint density at radius 1 is 0.944 bits per heavy atom. The van der Waals surface area contributed by atoms with Crippen molar-refractivity contribution in [3.8, 4) is 5.75 Å². The Kier molecular flexibility index (Phi) is 3.93. The van der Waals surface area contributed by atoms with Gasteiger partial charge in [0.25, 0.3) is 0 Å². The van der Waals surface area contributed by atoms with Gasteiger partial charge in [0, 0.05) is 0 Å². The van der Waals surface area contributed by atoms with Gasteiger partial charge in [0.05, 0.1) is 11.1 Å². The van der Waals surface area contributed by atoms with Crippen molar-refractivity contribution in [1.82, 2.24) is 0 Å². The Bertz CT molecular complexity index is 400. The summed E-state index contributed by atoms with van der Waals surface area (Å²) in [7, 11) is 0. The van der Waals surface area contributed by atoms with Crippen LogP contribution in [0.2, 0.25) is 0 Å². The van der Waals surface area contributed by atoms with Gasteiger partial charge in [-0.05, 0) is 18.2 Å². The van der Waals surface area contributed by atoms with Crippen LogP contribution in [0.1, 0.15) is 11.1 Å². The van der Waals surface area contributed by atoms with Crippen LogP contribution in [-0.2, 0) is 12.4 Å². The zero-order valence-corrected chi connectivity index (χ0v) is 8.90. The summed E-state index contributed by atoms with van der Waals surface area (Å²) >= 11 is 0. The molecule has 0 saturated carbocycles. The minimum absolute atomic E-state index is 0.0424. The average molecular weight is 270 g/mol. The Labute approximate surface area is 98.7 Å². The first-order chi connectivity index (χ1) is 8.14. The van der Waals surface area contributed by atoms with E-state index in [1.165, 1.54) is 6.08 Å². The van der Waals surface area contributed by atoms with Crippen LogP contribution in [0.3, 0.4) is 0 Å². The molecule has 1 rings (SSSR count). The monoisotopic (exact) mass is 270 g/mol. The van der Waals surface area contributed by atoms with E-state index in [4.69, 9.17) is 4.74 Å². The van der Waals surface area contributed by atoms with Crippen LogP contribution in [-0.4, -0.2) is 6.61 Å². The van der Waals surface area contributed by atoms with Crippen LogP contribution in [0, 0.1) is 0 Å². The van der Waals surface area contributed by atoms with E-state index >= 15 is 0 Å². The fourth-order valence-corrected chi connectivity index (χ4v) is 1.16. The van der Waals surface area contributed by atoms with E-state index in [0.717, 1.165) is 0 Å². The SMILES string of the molecule is C=CCOc1cc(C(F)(F)F)cc(C(F)(F)F)c1. The lowest BCUT2D eigenvalue weighted by molar-refractivity contribution is -0.143. The average Bonchev–Trinajstić information content (AvgIpc) is 2.23. The number of hydrogen-bond acceptors (Lipinski definition) is 1. The number of halogens is 6. The third-order valence-electron chi connectivity index (χ3n) is 1.93. The van der Waals surface area contributed by atoms with Crippen LogP contribution in [0.25, 0.3) is 0 Å². The van der Waals surface area contributed by atoms with Gasteiger partial charge in [0.15, 0.2) is 0 Å². The van der Waals surface area contributed by atoms with E-state index in [9.17, 15) is 26.3 Å². The number of ether oxygens (including phenoxy) is 1. The summed E-state index contributed by atoms with van der Waals surface area (Å²) in [5.74, 6) is -0.503. The molecule has 18 heavy (non-hydrogen) atoms. The summed E-state index contributed by atoms with van der Waals surface area (Å²) in [6.07, 6.45) is -8.52. The zero-order chi connectivity index (χ0) is 14.0. The van der Waals surface area contributed by atoms with Crippen molar-refractivity contribution in [3.05, 3.63) is 42.0 Å². The highest BCUT2D eigenvalue weighted by molar-refractivity contribution is 5.37. The van der Waals surface area contributed by atoms with Crippen LogP contribution >= 0.6 is 0 Å². The van der Waals surface area contributed by atoms with Gasteiger partial charge in [-0.15, -0.1) is 0 Å². The highest BCUT2D eigenvalue weighted by atomic mass is 19.4. The molecule has 1 nitrogen and oxygen atoms in total. The van der Waals surface area contributed by atoms with Gasteiger partial charge in [-0.1, -0.05) is 12.7 Å². The molecule has 0 spiro atoms. The third-order valence-corrected chi connectivity index (χ3v) is 1.93. The van der Waals surface area contributed by atoms with E-state index in [0.29, 0.717) is 12.1 Å². The normalized spacial score (nSPS) is 12.3. The molecule has 1 aromatic carbocycles. The van der Waals surface area contributed by atoms with Crippen molar-refractivity contribution >= 4 is 0 Å². The molecule has 7 heteroatoms. The van der Waals surface area contributed by atoms with Gasteiger partial charge in [0.2, 0.25) is 0 Å². The fraction of sp³-hybridized carbons (Fsp3) is 0.273. The molecule has 0 N–H and O–H groups in total. The minimum Gasteiger partial charge on any atom is -0.490 e. The van der Waals surface area contributed by atoms with Crippen LogP contribution in [0.15, 0.2) is 30.9 Å². The maximum absolute atomic E-state index is 12.4. The molecule has 0 aliphatic carbocycles. The standard InChI is InChI=1S/C11H8F6O/c1-2-3-18-9-5-7(10(12,13)14)4-8(6-9)11(15,16)17/h2,4-6H,1,3H2. The maximum Gasteiger partial charge on any atom is 0.416 e. The first-order valence-corrected chi connectivity index (χ1v) is 4.68. The van der Waals surface area contributed by atoms with Crippen molar-refractivity contribution < 1.29 is 31.1 Å². The van der Waals surface area contributed by atoms with Gasteiger partial charge < -0.3 is 4.74 Å². The van der Waals surface area contributed by atoms with E-state index in [1.807, 2.05) is 0 Å². The van der Waals surface area contributed by atoms with Crippen molar-refractivity contribution in [1.29, 1.82) is 0 Å². The zero-order valence-electron chi connectivity index (χ0n) is 8.90. The number of benzene rings is 1. The second-order valence-electron chi connectivity index (χ2n) is 3.34.